The number of rotatable bonds is 7. The third kappa shape index (κ3) is 5.59. The maximum absolute atomic E-state index is 12.2. The Morgan fingerprint density at radius 2 is 2.00 bits per heavy atom. The number of hydrogen-bond donors (Lipinski definition) is 1. The van der Waals surface area contributed by atoms with E-state index in [0.29, 0.717) is 13.1 Å². The molecule has 0 spiro atoms. The molecule has 128 valence electrons. The highest BCUT2D eigenvalue weighted by Gasteiger charge is 2.29. The molecule has 2 unspecified atom stereocenters. The summed E-state index contributed by atoms with van der Waals surface area (Å²) in [5.41, 5.74) is 0. The molecule has 0 saturated carbocycles. The van der Waals surface area contributed by atoms with Crippen LogP contribution in [0.25, 0.3) is 0 Å². The minimum absolute atomic E-state index is 0.0171. The fraction of sp³-hybridized carbons (Fsp3) is 0.867. The van der Waals surface area contributed by atoms with Gasteiger partial charge in [0.15, 0.2) is 9.84 Å². The third-order valence-corrected chi connectivity index (χ3v) is 6.00. The van der Waals surface area contributed by atoms with Gasteiger partial charge in [0.2, 0.25) is 11.8 Å². The van der Waals surface area contributed by atoms with E-state index in [1.165, 1.54) is 0 Å². The van der Waals surface area contributed by atoms with E-state index >= 15 is 0 Å². The highest BCUT2D eigenvalue weighted by Crippen LogP contribution is 2.19. The molecule has 1 N–H and O–H groups in total. The van der Waals surface area contributed by atoms with Crippen LogP contribution in [0.5, 0.6) is 0 Å². The highest BCUT2D eigenvalue weighted by molar-refractivity contribution is 7.91. The van der Waals surface area contributed by atoms with Crippen molar-refractivity contribution in [2.24, 2.45) is 11.8 Å². The quantitative estimate of drug-likeness (QED) is 0.748. The Bertz CT molecular complexity index is 490. The van der Waals surface area contributed by atoms with E-state index < -0.39 is 9.84 Å². The van der Waals surface area contributed by atoms with Crippen molar-refractivity contribution in [1.29, 1.82) is 0 Å². The first-order valence-electron chi connectivity index (χ1n) is 8.07. The molecule has 1 fully saturated rings. The second-order valence-corrected chi connectivity index (χ2v) is 8.43. The zero-order valence-electron chi connectivity index (χ0n) is 13.8. The van der Waals surface area contributed by atoms with Crippen molar-refractivity contribution in [3.05, 3.63) is 0 Å². The topological polar surface area (TPSA) is 83.6 Å². The summed E-state index contributed by atoms with van der Waals surface area (Å²) in [5.74, 6) is -0.231. The number of carbonyl (C=O) groups is 2. The number of hydrogen-bond acceptors (Lipinski definition) is 4. The summed E-state index contributed by atoms with van der Waals surface area (Å²) >= 11 is 0. The SMILES string of the molecule is CCC(C)C(=O)N1CCCC(C(=O)NCCS(=O)(=O)CC)C1. The molecule has 1 saturated heterocycles. The van der Waals surface area contributed by atoms with Crippen LogP contribution in [-0.4, -0.2) is 56.3 Å². The van der Waals surface area contributed by atoms with Crippen molar-refractivity contribution in [3.63, 3.8) is 0 Å². The number of likely N-dealkylation sites (tertiary alicyclic amines) is 1. The number of nitrogens with zero attached hydrogens (tertiary/aromatic N) is 1. The molecule has 6 nitrogen and oxygen atoms in total. The maximum Gasteiger partial charge on any atom is 0.225 e. The number of nitrogens with one attached hydrogen (secondary N) is 1. The van der Waals surface area contributed by atoms with Gasteiger partial charge in [-0.3, -0.25) is 9.59 Å². The van der Waals surface area contributed by atoms with Gasteiger partial charge in [-0.15, -0.1) is 0 Å². The number of amides is 2. The molecule has 2 amide bonds. The van der Waals surface area contributed by atoms with E-state index in [-0.39, 0.29) is 41.7 Å². The van der Waals surface area contributed by atoms with Gasteiger partial charge in [0.1, 0.15) is 0 Å². The molecule has 0 aromatic carbocycles. The lowest BCUT2D eigenvalue weighted by atomic mass is 9.95. The van der Waals surface area contributed by atoms with Crippen LogP contribution in [0, 0.1) is 11.8 Å². The van der Waals surface area contributed by atoms with Crippen molar-refractivity contribution in [2.45, 2.75) is 40.0 Å². The first kappa shape index (κ1) is 18.9. The van der Waals surface area contributed by atoms with E-state index in [9.17, 15) is 18.0 Å². The van der Waals surface area contributed by atoms with Crippen LogP contribution in [0.3, 0.4) is 0 Å². The standard InChI is InChI=1S/C15H28N2O4S/c1-4-12(3)15(19)17-9-6-7-13(11-17)14(18)16-8-10-22(20,21)5-2/h12-13H,4-11H2,1-3H3,(H,16,18). The van der Waals surface area contributed by atoms with Gasteiger partial charge in [-0.05, 0) is 19.3 Å². The molecule has 0 bridgehead atoms. The zero-order chi connectivity index (χ0) is 16.8. The molecule has 0 aromatic heterocycles. The van der Waals surface area contributed by atoms with E-state index in [1.54, 1.807) is 11.8 Å². The Hall–Kier alpha value is -1.11. The molecule has 0 aliphatic carbocycles. The molecular formula is C15H28N2O4S. The Balaban J connectivity index is 2.47. The Morgan fingerprint density at radius 1 is 1.32 bits per heavy atom. The maximum atomic E-state index is 12.2. The van der Waals surface area contributed by atoms with Crippen LogP contribution >= 0.6 is 0 Å². The van der Waals surface area contributed by atoms with Gasteiger partial charge in [0, 0.05) is 31.3 Å². The summed E-state index contributed by atoms with van der Waals surface area (Å²) in [6.45, 7) is 6.76. The molecule has 1 heterocycles. The molecule has 0 aromatic rings. The number of piperidine rings is 1. The zero-order valence-corrected chi connectivity index (χ0v) is 14.6. The monoisotopic (exact) mass is 332 g/mol. The van der Waals surface area contributed by atoms with Crippen molar-refractivity contribution in [2.75, 3.05) is 31.1 Å². The lowest BCUT2D eigenvalue weighted by Crippen LogP contribution is -2.47. The minimum atomic E-state index is -3.06. The van der Waals surface area contributed by atoms with Crippen LogP contribution < -0.4 is 5.32 Å². The van der Waals surface area contributed by atoms with E-state index in [1.807, 2.05) is 13.8 Å². The summed E-state index contributed by atoms with van der Waals surface area (Å²) in [5, 5.41) is 2.69. The minimum Gasteiger partial charge on any atom is -0.355 e. The molecule has 1 rings (SSSR count). The smallest absolute Gasteiger partial charge is 0.225 e. The lowest BCUT2D eigenvalue weighted by molar-refractivity contribution is -0.138. The van der Waals surface area contributed by atoms with Crippen LogP contribution in [0.15, 0.2) is 0 Å². The third-order valence-electron chi connectivity index (χ3n) is 4.29. The normalized spacial score (nSPS) is 20.5. The summed E-state index contributed by atoms with van der Waals surface area (Å²) in [6.07, 6.45) is 2.35. The van der Waals surface area contributed by atoms with Gasteiger partial charge in [-0.2, -0.15) is 0 Å². The molecule has 1 aliphatic heterocycles. The highest BCUT2D eigenvalue weighted by atomic mass is 32.2. The fourth-order valence-electron chi connectivity index (χ4n) is 2.50. The molecule has 7 heteroatoms. The van der Waals surface area contributed by atoms with Gasteiger partial charge in [-0.25, -0.2) is 8.42 Å². The summed E-state index contributed by atoms with van der Waals surface area (Å²) in [7, 11) is -3.06. The first-order chi connectivity index (χ1) is 10.3. The van der Waals surface area contributed by atoms with Gasteiger partial charge in [0.25, 0.3) is 0 Å². The Labute approximate surface area is 133 Å². The summed E-state index contributed by atoms with van der Waals surface area (Å²) in [6, 6.07) is 0. The van der Waals surface area contributed by atoms with E-state index in [2.05, 4.69) is 5.32 Å². The van der Waals surface area contributed by atoms with Gasteiger partial charge >= 0.3 is 0 Å². The molecule has 22 heavy (non-hydrogen) atoms. The Morgan fingerprint density at radius 3 is 2.59 bits per heavy atom. The lowest BCUT2D eigenvalue weighted by Gasteiger charge is -2.33. The van der Waals surface area contributed by atoms with Crippen molar-refractivity contribution >= 4 is 21.7 Å². The van der Waals surface area contributed by atoms with E-state index in [4.69, 9.17) is 0 Å². The average molecular weight is 332 g/mol. The predicted molar refractivity (Wildman–Crippen MR) is 86.1 cm³/mol. The van der Waals surface area contributed by atoms with Gasteiger partial charge in [-0.1, -0.05) is 20.8 Å². The fourth-order valence-corrected chi connectivity index (χ4v) is 3.20. The Kier molecular flexibility index (Phi) is 7.32. The predicted octanol–water partition coefficient (Wildman–Crippen LogP) is 0.822. The molecule has 2 atom stereocenters. The first-order valence-corrected chi connectivity index (χ1v) is 9.89. The molecular weight excluding hydrogens is 304 g/mol. The second-order valence-electron chi connectivity index (χ2n) is 5.96. The molecule has 0 radical (unpaired) electrons. The van der Waals surface area contributed by atoms with Crippen molar-refractivity contribution in [1.82, 2.24) is 10.2 Å². The van der Waals surface area contributed by atoms with E-state index in [0.717, 1.165) is 19.3 Å². The van der Waals surface area contributed by atoms with Gasteiger partial charge in [0.05, 0.1) is 11.7 Å². The van der Waals surface area contributed by atoms with Crippen molar-refractivity contribution in [3.8, 4) is 0 Å². The van der Waals surface area contributed by atoms with Gasteiger partial charge < -0.3 is 10.2 Å². The number of carbonyl (C=O) groups excluding carboxylic acids is 2. The van der Waals surface area contributed by atoms with Crippen LogP contribution in [0.4, 0.5) is 0 Å². The largest absolute Gasteiger partial charge is 0.355 e. The second kappa shape index (κ2) is 8.50. The number of sulfone groups is 1. The molecule has 1 aliphatic rings. The van der Waals surface area contributed by atoms with Crippen molar-refractivity contribution < 1.29 is 18.0 Å². The van der Waals surface area contributed by atoms with Crippen LogP contribution in [-0.2, 0) is 19.4 Å². The van der Waals surface area contributed by atoms with Crippen LogP contribution in [0.2, 0.25) is 0 Å². The van der Waals surface area contributed by atoms with Crippen LogP contribution in [0.1, 0.15) is 40.0 Å². The summed E-state index contributed by atoms with van der Waals surface area (Å²) < 4.78 is 22.8. The summed E-state index contributed by atoms with van der Waals surface area (Å²) in [4.78, 5) is 26.1. The average Bonchev–Trinajstić information content (AvgIpc) is 2.53.